The van der Waals surface area contributed by atoms with Gasteiger partial charge in [0.15, 0.2) is 5.13 Å². The quantitative estimate of drug-likeness (QED) is 0.816. The van der Waals surface area contributed by atoms with Gasteiger partial charge in [0, 0.05) is 24.4 Å². The van der Waals surface area contributed by atoms with Crippen LogP contribution in [0.4, 0.5) is 5.13 Å². The Kier molecular flexibility index (Phi) is 3.03. The first-order valence-electron chi connectivity index (χ1n) is 5.63. The molecule has 1 aliphatic rings. The molecule has 0 spiro atoms. The van der Waals surface area contributed by atoms with Gasteiger partial charge in [0.05, 0.1) is 5.69 Å². The Balaban J connectivity index is 1.65. The molecule has 0 aliphatic carbocycles. The molecule has 0 fully saturated rings. The lowest BCUT2D eigenvalue weighted by molar-refractivity contribution is -0.116. The third-order valence-electron chi connectivity index (χ3n) is 2.62. The van der Waals surface area contributed by atoms with E-state index in [0.717, 1.165) is 25.2 Å². The Morgan fingerprint density at radius 3 is 3.33 bits per heavy atom. The summed E-state index contributed by atoms with van der Waals surface area (Å²) < 4.78 is 1.48. The largest absolute Gasteiger partial charge is 0.311 e. The van der Waals surface area contributed by atoms with Crippen molar-refractivity contribution >= 4 is 22.4 Å². The number of anilines is 1. The van der Waals surface area contributed by atoms with Crippen LogP contribution in [0.2, 0.25) is 0 Å². The van der Waals surface area contributed by atoms with Crippen LogP contribution in [0, 0.1) is 0 Å². The molecule has 1 amide bonds. The fourth-order valence-corrected chi connectivity index (χ4v) is 2.79. The van der Waals surface area contributed by atoms with Crippen molar-refractivity contribution in [3.05, 3.63) is 23.2 Å². The van der Waals surface area contributed by atoms with Gasteiger partial charge in [0.25, 0.3) is 0 Å². The van der Waals surface area contributed by atoms with Crippen LogP contribution in [0.3, 0.4) is 0 Å². The molecule has 0 radical (unpaired) electrons. The molecule has 0 unspecified atom stereocenters. The van der Waals surface area contributed by atoms with E-state index in [1.807, 2.05) is 0 Å². The molecule has 2 aromatic heterocycles. The van der Waals surface area contributed by atoms with Crippen molar-refractivity contribution in [2.45, 2.75) is 19.5 Å². The summed E-state index contributed by atoms with van der Waals surface area (Å²) in [6.07, 6.45) is 3.84. The van der Waals surface area contributed by atoms with E-state index in [1.165, 1.54) is 33.6 Å². The lowest BCUT2D eigenvalue weighted by atomic mass is 10.2. The van der Waals surface area contributed by atoms with Crippen LogP contribution >= 0.6 is 11.3 Å². The minimum atomic E-state index is -0.139. The van der Waals surface area contributed by atoms with Crippen LogP contribution in [0.5, 0.6) is 0 Å². The minimum absolute atomic E-state index is 0.139. The van der Waals surface area contributed by atoms with Crippen molar-refractivity contribution < 1.29 is 4.79 Å². The van der Waals surface area contributed by atoms with E-state index in [9.17, 15) is 4.79 Å². The normalized spacial score (nSPS) is 14.2. The van der Waals surface area contributed by atoms with E-state index < -0.39 is 0 Å². The van der Waals surface area contributed by atoms with Crippen LogP contribution in [0.15, 0.2) is 12.7 Å². The zero-order valence-corrected chi connectivity index (χ0v) is 10.4. The molecule has 0 bridgehead atoms. The SMILES string of the molecule is O=C(Cn1cncn1)Nc1nc2c(s1)CNCC2. The van der Waals surface area contributed by atoms with Gasteiger partial charge >= 0.3 is 0 Å². The average molecular weight is 264 g/mol. The highest BCUT2D eigenvalue weighted by atomic mass is 32.1. The molecule has 2 N–H and O–H groups in total. The Hall–Kier alpha value is -1.80. The lowest BCUT2D eigenvalue weighted by Gasteiger charge is -2.09. The van der Waals surface area contributed by atoms with Crippen molar-refractivity contribution in [2.24, 2.45) is 0 Å². The zero-order chi connectivity index (χ0) is 12.4. The number of nitrogens with zero attached hydrogens (tertiary/aromatic N) is 4. The first-order chi connectivity index (χ1) is 8.81. The molecule has 94 valence electrons. The maximum absolute atomic E-state index is 11.7. The number of aromatic nitrogens is 4. The van der Waals surface area contributed by atoms with Crippen molar-refractivity contribution in [1.29, 1.82) is 0 Å². The molecule has 3 heterocycles. The van der Waals surface area contributed by atoms with E-state index >= 15 is 0 Å². The molecule has 0 aromatic carbocycles. The van der Waals surface area contributed by atoms with E-state index in [0.29, 0.717) is 5.13 Å². The van der Waals surface area contributed by atoms with Gasteiger partial charge in [-0.15, -0.1) is 11.3 Å². The van der Waals surface area contributed by atoms with Gasteiger partial charge in [-0.1, -0.05) is 0 Å². The van der Waals surface area contributed by atoms with Crippen LogP contribution < -0.4 is 10.6 Å². The number of fused-ring (bicyclic) bond motifs is 1. The number of carbonyl (C=O) groups excluding carboxylic acids is 1. The summed E-state index contributed by atoms with van der Waals surface area (Å²) in [5, 5.41) is 10.6. The van der Waals surface area contributed by atoms with Gasteiger partial charge < -0.3 is 10.6 Å². The number of hydrogen-bond acceptors (Lipinski definition) is 6. The van der Waals surface area contributed by atoms with Crippen LogP contribution in [0.25, 0.3) is 0 Å². The van der Waals surface area contributed by atoms with Gasteiger partial charge in [-0.3, -0.25) is 4.79 Å². The fraction of sp³-hybridized carbons (Fsp3) is 0.400. The maximum Gasteiger partial charge on any atom is 0.247 e. The van der Waals surface area contributed by atoms with Crippen molar-refractivity contribution in [1.82, 2.24) is 25.1 Å². The topological polar surface area (TPSA) is 84.7 Å². The summed E-state index contributed by atoms with van der Waals surface area (Å²) in [4.78, 5) is 21.2. The van der Waals surface area contributed by atoms with E-state index in [4.69, 9.17) is 0 Å². The second-order valence-electron chi connectivity index (χ2n) is 3.96. The Morgan fingerprint density at radius 2 is 2.56 bits per heavy atom. The molecule has 1 aliphatic heterocycles. The van der Waals surface area contributed by atoms with Gasteiger partial charge in [0.1, 0.15) is 19.2 Å². The van der Waals surface area contributed by atoms with E-state index in [-0.39, 0.29) is 12.5 Å². The monoisotopic (exact) mass is 264 g/mol. The maximum atomic E-state index is 11.7. The summed E-state index contributed by atoms with van der Waals surface area (Å²) in [5.74, 6) is -0.139. The molecule has 7 nitrogen and oxygen atoms in total. The van der Waals surface area contributed by atoms with Crippen molar-refractivity contribution in [2.75, 3.05) is 11.9 Å². The van der Waals surface area contributed by atoms with Gasteiger partial charge in [-0.25, -0.2) is 14.6 Å². The Bertz CT molecular complexity index is 525. The van der Waals surface area contributed by atoms with E-state index in [2.05, 4.69) is 25.7 Å². The fourth-order valence-electron chi connectivity index (χ4n) is 1.80. The number of carbonyl (C=O) groups is 1. The second-order valence-corrected chi connectivity index (χ2v) is 5.04. The van der Waals surface area contributed by atoms with Gasteiger partial charge in [0.2, 0.25) is 5.91 Å². The average Bonchev–Trinajstić information content (AvgIpc) is 2.96. The molecule has 3 rings (SSSR count). The van der Waals surface area contributed by atoms with E-state index in [1.54, 1.807) is 0 Å². The molecular formula is C10H12N6OS. The first-order valence-corrected chi connectivity index (χ1v) is 6.44. The molecule has 8 heteroatoms. The molecular weight excluding hydrogens is 252 g/mol. The van der Waals surface area contributed by atoms with Gasteiger partial charge in [-0.2, -0.15) is 5.10 Å². The number of thiazole rings is 1. The molecule has 2 aromatic rings. The Morgan fingerprint density at radius 1 is 1.61 bits per heavy atom. The van der Waals surface area contributed by atoms with Crippen molar-refractivity contribution in [3.8, 4) is 0 Å². The first kappa shape index (κ1) is 11.3. The summed E-state index contributed by atoms with van der Waals surface area (Å²) >= 11 is 1.53. The van der Waals surface area contributed by atoms with Gasteiger partial charge in [-0.05, 0) is 0 Å². The number of nitrogens with one attached hydrogen (secondary N) is 2. The zero-order valence-electron chi connectivity index (χ0n) is 9.59. The third-order valence-corrected chi connectivity index (χ3v) is 3.63. The lowest BCUT2D eigenvalue weighted by Crippen LogP contribution is -2.22. The highest BCUT2D eigenvalue weighted by molar-refractivity contribution is 7.15. The van der Waals surface area contributed by atoms with Crippen LogP contribution in [0.1, 0.15) is 10.6 Å². The highest BCUT2D eigenvalue weighted by Gasteiger charge is 2.16. The highest BCUT2D eigenvalue weighted by Crippen LogP contribution is 2.25. The minimum Gasteiger partial charge on any atom is -0.311 e. The third kappa shape index (κ3) is 2.39. The molecule has 18 heavy (non-hydrogen) atoms. The predicted molar refractivity (Wildman–Crippen MR) is 66.2 cm³/mol. The smallest absolute Gasteiger partial charge is 0.247 e. The van der Waals surface area contributed by atoms with Crippen molar-refractivity contribution in [3.63, 3.8) is 0 Å². The molecule has 0 atom stereocenters. The number of hydrogen-bond donors (Lipinski definition) is 2. The predicted octanol–water partition coefficient (Wildman–Crippen LogP) is 0.0190. The summed E-state index contributed by atoms with van der Waals surface area (Å²) in [6, 6.07) is 0. The summed E-state index contributed by atoms with van der Waals surface area (Å²) in [5.41, 5.74) is 1.09. The summed E-state index contributed by atoms with van der Waals surface area (Å²) in [7, 11) is 0. The Labute approximate surface area is 107 Å². The summed E-state index contributed by atoms with van der Waals surface area (Å²) in [6.45, 7) is 1.94. The standard InChI is InChI=1S/C10H12N6OS/c17-9(4-16-6-12-5-13-16)15-10-14-7-1-2-11-3-8(7)18-10/h5-6,11H,1-4H2,(H,14,15,17). The van der Waals surface area contributed by atoms with Crippen LogP contribution in [-0.2, 0) is 24.3 Å². The molecule has 0 saturated heterocycles. The molecule has 0 saturated carbocycles. The van der Waals surface area contributed by atoms with Crippen LogP contribution in [-0.4, -0.2) is 32.2 Å². The number of rotatable bonds is 3. The number of amides is 1. The second kappa shape index (κ2) is 4.83.